The van der Waals surface area contributed by atoms with Gasteiger partial charge in [-0.25, -0.2) is 0 Å². The van der Waals surface area contributed by atoms with Gasteiger partial charge in [0.2, 0.25) is 0 Å². The maximum atomic E-state index is 11.7. The number of nitrogen functional groups attached to an aromatic ring is 1. The summed E-state index contributed by atoms with van der Waals surface area (Å²) in [4.78, 5) is 11.7. The van der Waals surface area contributed by atoms with Gasteiger partial charge in [-0.1, -0.05) is 25.4 Å². The molecule has 0 saturated carbocycles. The number of carbonyl (C=O) groups excluding carboxylic acids is 1. The van der Waals surface area contributed by atoms with Crippen molar-refractivity contribution in [2.24, 2.45) is 5.92 Å². The number of rotatable bonds is 4. The zero-order chi connectivity index (χ0) is 11.4. The van der Waals surface area contributed by atoms with Crippen LogP contribution in [0.3, 0.4) is 0 Å². The normalized spacial score (nSPS) is 10.7. The van der Waals surface area contributed by atoms with Gasteiger partial charge in [-0.05, 0) is 30.5 Å². The Kier molecular flexibility index (Phi) is 4.15. The molecule has 2 N–H and O–H groups in total. The summed E-state index contributed by atoms with van der Waals surface area (Å²) in [7, 11) is 0. The van der Waals surface area contributed by atoms with Gasteiger partial charge in [0.05, 0.1) is 10.7 Å². The van der Waals surface area contributed by atoms with Crippen LogP contribution >= 0.6 is 11.6 Å². The van der Waals surface area contributed by atoms with Crippen LogP contribution in [0.2, 0.25) is 5.02 Å². The Hall–Kier alpha value is -1.02. The molecular formula is C12H16ClNO. The quantitative estimate of drug-likeness (QED) is 0.629. The average molecular weight is 226 g/mol. The first-order valence-corrected chi connectivity index (χ1v) is 5.46. The lowest BCUT2D eigenvalue weighted by molar-refractivity contribution is 0.0975. The van der Waals surface area contributed by atoms with E-state index in [4.69, 9.17) is 17.3 Å². The molecular weight excluding hydrogens is 210 g/mol. The molecule has 0 heterocycles. The highest BCUT2D eigenvalue weighted by Crippen LogP contribution is 2.21. The maximum absolute atomic E-state index is 11.7. The molecule has 0 radical (unpaired) electrons. The molecule has 1 aromatic carbocycles. The van der Waals surface area contributed by atoms with E-state index in [1.54, 1.807) is 18.2 Å². The Balaban J connectivity index is 2.70. The molecule has 0 spiro atoms. The first-order chi connectivity index (χ1) is 7.00. The molecule has 3 heteroatoms. The standard InChI is InChI=1S/C12H16ClNO/c1-8(2)3-6-12(15)9-4-5-11(14)10(13)7-9/h4-5,7-8H,3,6,14H2,1-2H3. The molecule has 0 fully saturated rings. The van der Waals surface area contributed by atoms with Gasteiger partial charge in [0, 0.05) is 12.0 Å². The van der Waals surface area contributed by atoms with Crippen molar-refractivity contribution in [3.63, 3.8) is 0 Å². The van der Waals surface area contributed by atoms with Gasteiger partial charge in [0.15, 0.2) is 5.78 Å². The summed E-state index contributed by atoms with van der Waals surface area (Å²) in [6, 6.07) is 5.04. The predicted octanol–water partition coefficient (Wildman–Crippen LogP) is 3.54. The van der Waals surface area contributed by atoms with Gasteiger partial charge in [0.1, 0.15) is 0 Å². The minimum atomic E-state index is 0.130. The van der Waals surface area contributed by atoms with E-state index in [1.807, 2.05) is 0 Å². The fourth-order valence-electron chi connectivity index (χ4n) is 1.26. The molecule has 0 aliphatic heterocycles. The van der Waals surface area contributed by atoms with Crippen molar-refractivity contribution in [3.05, 3.63) is 28.8 Å². The number of Topliss-reactive ketones (excluding diaryl/α,β-unsaturated/α-hetero) is 1. The zero-order valence-electron chi connectivity index (χ0n) is 9.09. The summed E-state index contributed by atoms with van der Waals surface area (Å²) < 4.78 is 0. The highest BCUT2D eigenvalue weighted by atomic mass is 35.5. The van der Waals surface area contributed by atoms with Crippen molar-refractivity contribution in [1.29, 1.82) is 0 Å². The fraction of sp³-hybridized carbons (Fsp3) is 0.417. The van der Waals surface area contributed by atoms with E-state index >= 15 is 0 Å². The van der Waals surface area contributed by atoms with Crippen LogP contribution in [0.1, 0.15) is 37.0 Å². The second-order valence-corrected chi connectivity index (χ2v) is 4.50. The maximum Gasteiger partial charge on any atom is 0.162 e. The number of hydrogen-bond acceptors (Lipinski definition) is 2. The van der Waals surface area contributed by atoms with Crippen LogP contribution in [-0.4, -0.2) is 5.78 Å². The molecule has 0 bridgehead atoms. The average Bonchev–Trinajstić information content (AvgIpc) is 2.18. The van der Waals surface area contributed by atoms with E-state index in [9.17, 15) is 4.79 Å². The Labute approximate surface area is 95.4 Å². The first-order valence-electron chi connectivity index (χ1n) is 5.09. The van der Waals surface area contributed by atoms with Gasteiger partial charge in [0.25, 0.3) is 0 Å². The van der Waals surface area contributed by atoms with E-state index in [2.05, 4.69) is 13.8 Å². The third kappa shape index (κ3) is 3.56. The molecule has 1 rings (SSSR count). The highest BCUT2D eigenvalue weighted by molar-refractivity contribution is 6.33. The van der Waals surface area contributed by atoms with Crippen LogP contribution < -0.4 is 5.73 Å². The van der Waals surface area contributed by atoms with Crippen LogP contribution in [0.4, 0.5) is 5.69 Å². The van der Waals surface area contributed by atoms with Crippen LogP contribution in [0.5, 0.6) is 0 Å². The lowest BCUT2D eigenvalue weighted by Gasteiger charge is -2.05. The van der Waals surface area contributed by atoms with Crippen LogP contribution in [0.15, 0.2) is 18.2 Å². The topological polar surface area (TPSA) is 43.1 Å². The Morgan fingerprint density at radius 1 is 1.47 bits per heavy atom. The molecule has 0 unspecified atom stereocenters. The van der Waals surface area contributed by atoms with Crippen molar-refractivity contribution in [2.75, 3.05) is 5.73 Å². The molecule has 1 aromatic rings. The number of carbonyl (C=O) groups is 1. The molecule has 15 heavy (non-hydrogen) atoms. The zero-order valence-corrected chi connectivity index (χ0v) is 9.84. The van der Waals surface area contributed by atoms with Crippen LogP contribution in [0, 0.1) is 5.92 Å². The summed E-state index contributed by atoms with van der Waals surface area (Å²) in [5, 5.41) is 0.449. The van der Waals surface area contributed by atoms with E-state index in [-0.39, 0.29) is 5.78 Å². The lowest BCUT2D eigenvalue weighted by Crippen LogP contribution is -2.02. The largest absolute Gasteiger partial charge is 0.398 e. The first kappa shape index (κ1) is 12.1. The number of halogens is 1. The smallest absolute Gasteiger partial charge is 0.162 e. The summed E-state index contributed by atoms with van der Waals surface area (Å²) >= 11 is 5.84. The van der Waals surface area contributed by atoms with Gasteiger partial charge in [-0.2, -0.15) is 0 Å². The van der Waals surface area contributed by atoms with E-state index in [0.717, 1.165) is 6.42 Å². The van der Waals surface area contributed by atoms with E-state index in [1.165, 1.54) is 0 Å². The number of ketones is 1. The van der Waals surface area contributed by atoms with Crippen LogP contribution in [0.25, 0.3) is 0 Å². The summed E-state index contributed by atoms with van der Waals surface area (Å²) in [6.45, 7) is 4.20. The molecule has 0 saturated heterocycles. The molecule has 0 aliphatic rings. The Bertz CT molecular complexity index is 361. The third-order valence-electron chi connectivity index (χ3n) is 2.27. The van der Waals surface area contributed by atoms with Crippen molar-refractivity contribution < 1.29 is 4.79 Å². The lowest BCUT2D eigenvalue weighted by atomic mass is 10.0. The molecule has 0 aromatic heterocycles. The van der Waals surface area contributed by atoms with Gasteiger partial charge < -0.3 is 5.73 Å². The molecule has 0 aliphatic carbocycles. The van der Waals surface area contributed by atoms with E-state index in [0.29, 0.717) is 28.6 Å². The Morgan fingerprint density at radius 2 is 2.13 bits per heavy atom. The number of hydrogen-bond donors (Lipinski definition) is 1. The Morgan fingerprint density at radius 3 is 2.67 bits per heavy atom. The SMILES string of the molecule is CC(C)CCC(=O)c1ccc(N)c(Cl)c1. The summed E-state index contributed by atoms with van der Waals surface area (Å²) in [6.07, 6.45) is 1.47. The minimum Gasteiger partial charge on any atom is -0.398 e. The number of benzene rings is 1. The fourth-order valence-corrected chi connectivity index (χ4v) is 1.45. The highest BCUT2D eigenvalue weighted by Gasteiger charge is 2.08. The summed E-state index contributed by atoms with van der Waals surface area (Å²) in [5.41, 5.74) is 6.73. The van der Waals surface area contributed by atoms with Crippen molar-refractivity contribution in [1.82, 2.24) is 0 Å². The predicted molar refractivity (Wildman–Crippen MR) is 64.3 cm³/mol. The van der Waals surface area contributed by atoms with Crippen molar-refractivity contribution in [3.8, 4) is 0 Å². The van der Waals surface area contributed by atoms with Gasteiger partial charge in [-0.3, -0.25) is 4.79 Å². The second kappa shape index (κ2) is 5.17. The van der Waals surface area contributed by atoms with Gasteiger partial charge >= 0.3 is 0 Å². The van der Waals surface area contributed by atoms with E-state index < -0.39 is 0 Å². The monoisotopic (exact) mass is 225 g/mol. The van der Waals surface area contributed by atoms with Gasteiger partial charge in [-0.15, -0.1) is 0 Å². The van der Waals surface area contributed by atoms with Crippen molar-refractivity contribution >= 4 is 23.1 Å². The molecule has 82 valence electrons. The van der Waals surface area contributed by atoms with Crippen LogP contribution in [-0.2, 0) is 0 Å². The van der Waals surface area contributed by atoms with Crippen molar-refractivity contribution in [2.45, 2.75) is 26.7 Å². The molecule has 0 amide bonds. The minimum absolute atomic E-state index is 0.130. The second-order valence-electron chi connectivity index (χ2n) is 4.09. The molecule has 0 atom stereocenters. The number of anilines is 1. The third-order valence-corrected chi connectivity index (χ3v) is 2.60. The number of nitrogens with two attached hydrogens (primary N) is 1. The molecule has 2 nitrogen and oxygen atoms in total. The summed E-state index contributed by atoms with van der Waals surface area (Å²) in [5.74, 6) is 0.670.